The van der Waals surface area contributed by atoms with Crippen LogP contribution in [-0.2, 0) is 29.0 Å². The number of rotatable bonds is 18. The Balaban J connectivity index is 0.000000842. The van der Waals surface area contributed by atoms with Gasteiger partial charge < -0.3 is 29.9 Å². The molecule has 0 fully saturated rings. The van der Waals surface area contributed by atoms with Crippen molar-refractivity contribution in [3.8, 4) is 11.5 Å². The molecule has 12 nitrogen and oxygen atoms in total. The number of ether oxygens (including phenoxy) is 2. The van der Waals surface area contributed by atoms with Crippen LogP contribution in [-0.4, -0.2) is 47.6 Å². The third-order valence-corrected chi connectivity index (χ3v) is 6.38. The quantitative estimate of drug-likeness (QED) is 0.0966. The topological polar surface area (TPSA) is 197 Å². The van der Waals surface area contributed by atoms with Crippen molar-refractivity contribution in [2.45, 2.75) is 90.9 Å². The van der Waals surface area contributed by atoms with Crippen molar-refractivity contribution in [1.82, 2.24) is 0 Å². The zero-order chi connectivity index (χ0) is 32.7. The molecule has 0 aliphatic carbocycles. The van der Waals surface area contributed by atoms with E-state index in [-0.39, 0.29) is 42.0 Å². The van der Waals surface area contributed by atoms with E-state index >= 15 is 0 Å². The van der Waals surface area contributed by atoms with Gasteiger partial charge in [-0.05, 0) is 49.2 Å². The van der Waals surface area contributed by atoms with Gasteiger partial charge in [0, 0.05) is 11.4 Å². The number of aromatic carboxylic acids is 2. The molecule has 2 rings (SSSR count). The molecule has 13 heteroatoms. The third kappa shape index (κ3) is 18.5. The van der Waals surface area contributed by atoms with Crippen LogP contribution in [0.4, 0.5) is 21.0 Å². The van der Waals surface area contributed by atoms with E-state index in [1.807, 2.05) is 0 Å². The Labute approximate surface area is 277 Å². The zero-order valence-corrected chi connectivity index (χ0v) is 29.2. The number of unbranched alkanes of at least 4 members (excludes halogenated alkanes) is 10. The molecular weight excluding hydrogens is 638 g/mol. The van der Waals surface area contributed by atoms with E-state index < -0.39 is 35.6 Å². The molecule has 2 aromatic rings. The van der Waals surface area contributed by atoms with Crippen LogP contribution < -0.4 is 20.8 Å². The summed E-state index contributed by atoms with van der Waals surface area (Å²) in [4.78, 5) is 44.5. The molecular formula is C32H44N2O10Zn. The van der Waals surface area contributed by atoms with Crippen molar-refractivity contribution >= 4 is 35.5 Å². The predicted molar refractivity (Wildman–Crippen MR) is 162 cm³/mol. The minimum Gasteiger partial charge on any atom is -0.872 e. The maximum Gasteiger partial charge on any atom is 2.00 e. The normalized spacial score (nSPS) is 10.0. The van der Waals surface area contributed by atoms with Gasteiger partial charge in [0.05, 0.1) is 24.3 Å². The number of anilines is 2. The van der Waals surface area contributed by atoms with Gasteiger partial charge in [0.1, 0.15) is 0 Å². The number of amides is 2. The van der Waals surface area contributed by atoms with E-state index in [0.29, 0.717) is 13.2 Å². The first kappa shape index (κ1) is 41.1. The van der Waals surface area contributed by atoms with Gasteiger partial charge in [-0.15, -0.1) is 0 Å². The summed E-state index contributed by atoms with van der Waals surface area (Å²) in [6, 6.07) is 7.17. The largest absolute Gasteiger partial charge is 2.00 e. The van der Waals surface area contributed by atoms with Crippen LogP contribution in [0.3, 0.4) is 0 Å². The fourth-order valence-corrected chi connectivity index (χ4v) is 3.96. The van der Waals surface area contributed by atoms with Crippen molar-refractivity contribution < 1.29 is 68.6 Å². The second-order valence-electron chi connectivity index (χ2n) is 10.1. The van der Waals surface area contributed by atoms with Crippen LogP contribution in [0.15, 0.2) is 36.4 Å². The number of hydrogen-bond acceptors (Lipinski definition) is 8. The van der Waals surface area contributed by atoms with Gasteiger partial charge in [-0.3, -0.25) is 10.6 Å². The number of nitrogens with one attached hydrogen (secondary N) is 2. The Morgan fingerprint density at radius 2 is 0.933 bits per heavy atom. The van der Waals surface area contributed by atoms with Gasteiger partial charge in [-0.1, -0.05) is 89.6 Å². The average Bonchev–Trinajstić information content (AvgIpc) is 2.96. The summed E-state index contributed by atoms with van der Waals surface area (Å²) in [5.74, 6) is -3.88. The predicted octanol–water partition coefficient (Wildman–Crippen LogP) is 6.73. The maximum atomic E-state index is 11.5. The van der Waals surface area contributed by atoms with Crippen LogP contribution >= 0.6 is 0 Å². The van der Waals surface area contributed by atoms with Gasteiger partial charge in [-0.25, -0.2) is 19.2 Å². The van der Waals surface area contributed by atoms with E-state index in [0.717, 1.165) is 62.8 Å². The van der Waals surface area contributed by atoms with Crippen molar-refractivity contribution in [2.24, 2.45) is 0 Å². The minimum atomic E-state index is -1.29. The Morgan fingerprint density at radius 3 is 1.24 bits per heavy atom. The molecule has 0 aliphatic heterocycles. The molecule has 0 saturated heterocycles. The number of carbonyl (C=O) groups excluding carboxylic acids is 2. The van der Waals surface area contributed by atoms with E-state index in [4.69, 9.17) is 19.7 Å². The minimum absolute atomic E-state index is 0. The molecule has 2 aromatic carbocycles. The second-order valence-corrected chi connectivity index (χ2v) is 10.1. The van der Waals surface area contributed by atoms with Crippen LogP contribution in [0, 0.1) is 0 Å². The van der Waals surface area contributed by atoms with E-state index in [1.165, 1.54) is 50.7 Å². The van der Waals surface area contributed by atoms with E-state index in [9.17, 15) is 29.4 Å². The summed E-state index contributed by atoms with van der Waals surface area (Å²) in [7, 11) is 0. The first-order valence-corrected chi connectivity index (χ1v) is 15.0. The van der Waals surface area contributed by atoms with Crippen molar-refractivity contribution in [3.63, 3.8) is 0 Å². The molecule has 45 heavy (non-hydrogen) atoms. The molecule has 0 radical (unpaired) electrons. The van der Waals surface area contributed by atoms with Gasteiger partial charge in [0.2, 0.25) is 0 Å². The van der Waals surface area contributed by atoms with Gasteiger partial charge in [0.25, 0.3) is 0 Å². The summed E-state index contributed by atoms with van der Waals surface area (Å²) in [6.45, 7) is 4.97. The number of benzene rings is 2. The first-order chi connectivity index (χ1) is 21.1. The number of carbonyl (C=O) groups is 4. The first-order valence-electron chi connectivity index (χ1n) is 15.0. The number of carboxylic acids is 2. The van der Waals surface area contributed by atoms with Gasteiger partial charge in [0.15, 0.2) is 0 Å². The molecule has 0 aromatic heterocycles. The Kier molecular flexibility index (Phi) is 22.4. The molecule has 0 unspecified atom stereocenters. The summed E-state index contributed by atoms with van der Waals surface area (Å²) < 4.78 is 10.0. The molecule has 0 atom stereocenters. The fourth-order valence-electron chi connectivity index (χ4n) is 3.96. The molecule has 0 heterocycles. The molecule has 0 saturated carbocycles. The fraction of sp³-hybridized carbons (Fsp3) is 0.500. The Hall–Kier alpha value is -3.86. The molecule has 0 aliphatic rings. The average molecular weight is 682 g/mol. The van der Waals surface area contributed by atoms with Crippen molar-refractivity contribution in [2.75, 3.05) is 23.8 Å². The van der Waals surface area contributed by atoms with Crippen LogP contribution in [0.25, 0.3) is 0 Å². The Bertz CT molecular complexity index is 1100. The Morgan fingerprint density at radius 1 is 0.600 bits per heavy atom. The standard InChI is InChI=1S/2C16H23NO5.Zn/c2*1-2-3-4-5-6-7-10-22-16(21)17-12-8-9-13(15(19)20)14(18)11-12;/h2*8-9,11,18H,2-7,10H2,1H3,(H,17,21)(H,19,20);/q;;+2/p-2. The zero-order valence-electron chi connectivity index (χ0n) is 26.2. The summed E-state index contributed by atoms with van der Waals surface area (Å²) in [6.07, 6.45) is 11.9. The smallest absolute Gasteiger partial charge is 0.872 e. The SMILES string of the molecule is CCCCCCCCOC(=O)Nc1ccc(C(=O)O)c([O-])c1.CCCCCCCCOC(=O)Nc1ccc(C(=O)O)c([O-])c1.[Zn+2]. The number of carboxylic acid groups (broad SMARTS) is 2. The molecule has 0 spiro atoms. The van der Waals surface area contributed by atoms with Gasteiger partial charge >= 0.3 is 43.6 Å². The van der Waals surface area contributed by atoms with E-state index in [2.05, 4.69) is 24.5 Å². The summed E-state index contributed by atoms with van der Waals surface area (Å²) in [5.41, 5.74) is -0.206. The van der Waals surface area contributed by atoms with Gasteiger partial charge in [-0.2, -0.15) is 0 Å². The number of hydrogen-bond donors (Lipinski definition) is 4. The molecule has 244 valence electrons. The van der Waals surface area contributed by atoms with E-state index in [1.54, 1.807) is 0 Å². The maximum absolute atomic E-state index is 11.5. The summed E-state index contributed by atoms with van der Waals surface area (Å²) >= 11 is 0. The van der Waals surface area contributed by atoms with Crippen LogP contribution in [0.5, 0.6) is 11.5 Å². The van der Waals surface area contributed by atoms with Crippen LogP contribution in [0.1, 0.15) is 112 Å². The molecule has 2 amide bonds. The third-order valence-electron chi connectivity index (χ3n) is 6.38. The van der Waals surface area contributed by atoms with Crippen LogP contribution in [0.2, 0.25) is 0 Å². The second kappa shape index (κ2) is 24.5. The van der Waals surface area contributed by atoms with Crippen molar-refractivity contribution in [3.05, 3.63) is 47.5 Å². The van der Waals surface area contributed by atoms with Crippen molar-refractivity contribution in [1.29, 1.82) is 0 Å². The summed E-state index contributed by atoms with van der Waals surface area (Å²) in [5, 5.41) is 45.3. The molecule has 0 bridgehead atoms. The monoisotopic (exact) mass is 680 g/mol. The molecule has 4 N–H and O–H groups in total.